The molecule has 0 amide bonds. The van der Waals surface area contributed by atoms with E-state index in [4.69, 9.17) is 5.73 Å². The number of rotatable bonds is 4. The van der Waals surface area contributed by atoms with Gasteiger partial charge in [-0.05, 0) is 33.0 Å². The number of hydrogen-bond acceptors (Lipinski definition) is 4. The molecule has 0 radical (unpaired) electrons. The molecule has 4 nitrogen and oxygen atoms in total. The van der Waals surface area contributed by atoms with Crippen LogP contribution in [0.3, 0.4) is 0 Å². The Bertz CT molecular complexity index is 251. The molecule has 1 atom stereocenters. The molecule has 1 heterocycles. The van der Waals surface area contributed by atoms with E-state index in [2.05, 4.69) is 4.90 Å². The number of hydrogen-bond donors (Lipinski definition) is 1. The summed E-state index contributed by atoms with van der Waals surface area (Å²) in [4.78, 5) is 2.06. The first-order chi connectivity index (χ1) is 6.06. The van der Waals surface area contributed by atoms with Gasteiger partial charge >= 0.3 is 0 Å². The van der Waals surface area contributed by atoms with E-state index < -0.39 is 9.84 Å². The van der Waals surface area contributed by atoms with Gasteiger partial charge in [0.25, 0.3) is 0 Å². The fourth-order valence-corrected chi connectivity index (χ4v) is 3.49. The monoisotopic (exact) mass is 206 g/mol. The Morgan fingerprint density at radius 3 is 2.69 bits per heavy atom. The first-order valence-corrected chi connectivity index (χ1v) is 6.38. The Labute approximate surface area is 80.0 Å². The molecule has 1 rings (SSSR count). The number of sulfone groups is 1. The molecule has 78 valence electrons. The highest BCUT2D eigenvalue weighted by atomic mass is 32.2. The maximum absolute atomic E-state index is 11.7. The van der Waals surface area contributed by atoms with Crippen LogP contribution in [-0.4, -0.2) is 51.0 Å². The summed E-state index contributed by atoms with van der Waals surface area (Å²) in [6.07, 6.45) is 1.37. The third-order valence-electron chi connectivity index (χ3n) is 2.49. The molecule has 2 N–H and O–H groups in total. The Balaban J connectivity index is 2.50. The molecule has 5 heteroatoms. The lowest BCUT2D eigenvalue weighted by Gasteiger charge is -2.11. The molecular formula is C8H18N2O2S. The quantitative estimate of drug-likeness (QED) is 0.670. The van der Waals surface area contributed by atoms with Crippen LogP contribution in [0.2, 0.25) is 0 Å². The van der Waals surface area contributed by atoms with Crippen molar-refractivity contribution in [3.05, 3.63) is 0 Å². The predicted octanol–water partition coefficient (Wildman–Crippen LogP) is -0.546. The lowest BCUT2D eigenvalue weighted by atomic mass is 10.4. The molecule has 1 aliphatic rings. The molecule has 0 aliphatic carbocycles. The van der Waals surface area contributed by atoms with Crippen molar-refractivity contribution in [1.29, 1.82) is 0 Å². The summed E-state index contributed by atoms with van der Waals surface area (Å²) in [6, 6.07) is 0. The largest absolute Gasteiger partial charge is 0.330 e. The third-order valence-corrected chi connectivity index (χ3v) is 4.75. The van der Waals surface area contributed by atoms with Crippen LogP contribution in [0.5, 0.6) is 0 Å². The second-order valence-corrected chi connectivity index (χ2v) is 6.08. The van der Waals surface area contributed by atoms with Gasteiger partial charge in [-0.25, -0.2) is 8.42 Å². The second kappa shape index (κ2) is 4.39. The first kappa shape index (κ1) is 10.9. The predicted molar refractivity (Wildman–Crippen MR) is 53.4 cm³/mol. The van der Waals surface area contributed by atoms with Crippen LogP contribution in [0.1, 0.15) is 12.8 Å². The summed E-state index contributed by atoms with van der Waals surface area (Å²) in [5.41, 5.74) is 5.29. The van der Waals surface area contributed by atoms with Crippen LogP contribution in [0.25, 0.3) is 0 Å². The fourth-order valence-electron chi connectivity index (χ4n) is 1.64. The van der Waals surface area contributed by atoms with E-state index in [1.54, 1.807) is 0 Å². The van der Waals surface area contributed by atoms with Crippen LogP contribution >= 0.6 is 0 Å². The molecule has 1 aliphatic heterocycles. The average molecular weight is 206 g/mol. The van der Waals surface area contributed by atoms with Crippen molar-refractivity contribution >= 4 is 9.84 Å². The van der Waals surface area contributed by atoms with Crippen LogP contribution in [0, 0.1) is 0 Å². The lowest BCUT2D eigenvalue weighted by molar-refractivity contribution is 0.417. The molecule has 0 aromatic heterocycles. The molecule has 0 aromatic rings. The van der Waals surface area contributed by atoms with Gasteiger partial charge in [0.2, 0.25) is 0 Å². The van der Waals surface area contributed by atoms with E-state index in [0.717, 1.165) is 13.0 Å². The minimum absolute atomic E-state index is 0.149. The summed E-state index contributed by atoms with van der Waals surface area (Å²) in [5, 5.41) is -0.149. The van der Waals surface area contributed by atoms with Gasteiger partial charge in [0.15, 0.2) is 9.84 Å². The Morgan fingerprint density at radius 2 is 2.23 bits per heavy atom. The van der Waals surface area contributed by atoms with Crippen LogP contribution in [0.4, 0.5) is 0 Å². The maximum atomic E-state index is 11.7. The van der Waals surface area contributed by atoms with E-state index in [0.29, 0.717) is 19.5 Å². The SMILES string of the molecule is CN1CCC(S(=O)(=O)CCCN)C1. The Morgan fingerprint density at radius 1 is 1.54 bits per heavy atom. The number of nitrogens with two attached hydrogens (primary N) is 1. The Kier molecular flexibility index (Phi) is 3.70. The topological polar surface area (TPSA) is 63.4 Å². The van der Waals surface area contributed by atoms with Crippen molar-refractivity contribution in [2.45, 2.75) is 18.1 Å². The molecule has 1 fully saturated rings. The molecule has 0 spiro atoms. The van der Waals surface area contributed by atoms with E-state index in [1.165, 1.54) is 0 Å². The van der Waals surface area contributed by atoms with Gasteiger partial charge in [-0.15, -0.1) is 0 Å². The van der Waals surface area contributed by atoms with Gasteiger partial charge < -0.3 is 10.6 Å². The van der Waals surface area contributed by atoms with Gasteiger partial charge in [-0.1, -0.05) is 0 Å². The second-order valence-electron chi connectivity index (χ2n) is 3.68. The van der Waals surface area contributed by atoms with Crippen molar-refractivity contribution < 1.29 is 8.42 Å². The molecule has 13 heavy (non-hydrogen) atoms. The van der Waals surface area contributed by atoms with Crippen LogP contribution in [-0.2, 0) is 9.84 Å². The van der Waals surface area contributed by atoms with Gasteiger partial charge in [-0.2, -0.15) is 0 Å². The smallest absolute Gasteiger partial charge is 0.154 e. The van der Waals surface area contributed by atoms with E-state index in [1.807, 2.05) is 7.05 Å². The summed E-state index contributed by atoms with van der Waals surface area (Å²) < 4.78 is 23.3. The maximum Gasteiger partial charge on any atom is 0.154 e. The van der Waals surface area contributed by atoms with Gasteiger partial charge in [-0.3, -0.25) is 0 Å². The molecule has 0 bridgehead atoms. The molecule has 1 unspecified atom stereocenters. The average Bonchev–Trinajstić information content (AvgIpc) is 2.49. The zero-order valence-corrected chi connectivity index (χ0v) is 8.89. The summed E-state index contributed by atoms with van der Waals surface area (Å²) >= 11 is 0. The zero-order valence-electron chi connectivity index (χ0n) is 8.07. The minimum Gasteiger partial charge on any atom is -0.330 e. The number of nitrogens with zero attached hydrogens (tertiary/aromatic N) is 1. The van der Waals surface area contributed by atoms with Crippen molar-refractivity contribution in [2.75, 3.05) is 32.4 Å². The molecule has 0 aromatic carbocycles. The van der Waals surface area contributed by atoms with Gasteiger partial charge in [0, 0.05) is 6.54 Å². The summed E-state index contributed by atoms with van der Waals surface area (Å²) in [5.74, 6) is 0.252. The number of likely N-dealkylation sites (tertiary alicyclic amines) is 1. The van der Waals surface area contributed by atoms with Crippen LogP contribution < -0.4 is 5.73 Å². The molecular weight excluding hydrogens is 188 g/mol. The fraction of sp³-hybridized carbons (Fsp3) is 1.00. The van der Waals surface area contributed by atoms with E-state index in [9.17, 15) is 8.42 Å². The van der Waals surface area contributed by atoms with Crippen molar-refractivity contribution in [2.24, 2.45) is 5.73 Å². The first-order valence-electron chi connectivity index (χ1n) is 4.66. The zero-order chi connectivity index (χ0) is 9.90. The highest BCUT2D eigenvalue weighted by molar-refractivity contribution is 7.92. The Hall–Kier alpha value is -0.130. The van der Waals surface area contributed by atoms with Gasteiger partial charge in [0.05, 0.1) is 11.0 Å². The van der Waals surface area contributed by atoms with Crippen molar-refractivity contribution in [1.82, 2.24) is 4.90 Å². The highest BCUT2D eigenvalue weighted by Crippen LogP contribution is 2.16. The molecule has 0 saturated carbocycles. The normalized spacial score (nSPS) is 25.2. The van der Waals surface area contributed by atoms with Crippen molar-refractivity contribution in [3.8, 4) is 0 Å². The lowest BCUT2D eigenvalue weighted by Crippen LogP contribution is -2.27. The van der Waals surface area contributed by atoms with E-state index in [-0.39, 0.29) is 11.0 Å². The highest BCUT2D eigenvalue weighted by Gasteiger charge is 2.30. The summed E-state index contributed by atoms with van der Waals surface area (Å²) in [7, 11) is -0.920. The third kappa shape index (κ3) is 2.93. The molecule has 1 saturated heterocycles. The minimum atomic E-state index is -2.88. The standard InChI is InChI=1S/C8H18N2O2S/c1-10-5-3-8(7-10)13(11,12)6-2-4-9/h8H,2-7,9H2,1H3. The van der Waals surface area contributed by atoms with Gasteiger partial charge in [0.1, 0.15) is 0 Å². The van der Waals surface area contributed by atoms with Crippen molar-refractivity contribution in [3.63, 3.8) is 0 Å². The van der Waals surface area contributed by atoms with E-state index >= 15 is 0 Å². The van der Waals surface area contributed by atoms with Crippen LogP contribution in [0.15, 0.2) is 0 Å². The summed E-state index contributed by atoms with van der Waals surface area (Å²) in [6.45, 7) is 2.04.